The summed E-state index contributed by atoms with van der Waals surface area (Å²) in [4.78, 5) is 6.89. The van der Waals surface area contributed by atoms with Crippen molar-refractivity contribution in [2.45, 2.75) is 38.8 Å². The molecule has 0 aromatic heterocycles. The molecule has 1 aromatic rings. The highest BCUT2D eigenvalue weighted by molar-refractivity contribution is 14.0. The maximum atomic E-state index is 6.31. The Hall–Kier alpha value is -0.930. The van der Waals surface area contributed by atoms with E-state index >= 15 is 0 Å². The maximum absolute atomic E-state index is 6.31. The molecule has 0 saturated carbocycles. The normalized spacial score (nSPS) is 18.0. The van der Waals surface area contributed by atoms with E-state index in [4.69, 9.17) is 21.1 Å². The molecular weight excluding hydrogens is 479 g/mol. The molecular formula is C19H30ClIN4O2. The molecule has 2 heterocycles. The van der Waals surface area contributed by atoms with Gasteiger partial charge < -0.3 is 25.0 Å². The lowest BCUT2D eigenvalue weighted by atomic mass is 10.1. The molecule has 0 bridgehead atoms. The minimum atomic E-state index is 0. The molecule has 1 fully saturated rings. The van der Waals surface area contributed by atoms with Crippen molar-refractivity contribution >= 4 is 41.5 Å². The number of guanidine groups is 1. The van der Waals surface area contributed by atoms with Gasteiger partial charge in [0.25, 0.3) is 0 Å². The third kappa shape index (κ3) is 6.29. The van der Waals surface area contributed by atoms with Crippen molar-refractivity contribution in [2.24, 2.45) is 4.99 Å². The smallest absolute Gasteiger partial charge is 0.191 e. The van der Waals surface area contributed by atoms with Crippen LogP contribution in [0.15, 0.2) is 17.1 Å². The highest BCUT2D eigenvalue weighted by Crippen LogP contribution is 2.38. The molecule has 0 radical (unpaired) electrons. The first-order valence-corrected chi connectivity index (χ1v) is 9.85. The SMILES string of the molecule is CCCN1CCC(NC(=NC)NCc2cc(Cl)c3c(c2)OCCO3)CC1.I. The van der Waals surface area contributed by atoms with Crippen LogP contribution in [0, 0.1) is 0 Å². The Morgan fingerprint density at radius 2 is 2.00 bits per heavy atom. The minimum absolute atomic E-state index is 0. The second kappa shape index (κ2) is 11.2. The van der Waals surface area contributed by atoms with Gasteiger partial charge in [0.2, 0.25) is 0 Å². The number of hydrogen-bond acceptors (Lipinski definition) is 4. The van der Waals surface area contributed by atoms with Crippen LogP contribution in [0.3, 0.4) is 0 Å². The number of likely N-dealkylation sites (tertiary alicyclic amines) is 1. The van der Waals surface area contributed by atoms with E-state index in [9.17, 15) is 0 Å². The zero-order valence-corrected chi connectivity index (χ0v) is 19.2. The maximum Gasteiger partial charge on any atom is 0.191 e. The van der Waals surface area contributed by atoms with Gasteiger partial charge in [0.15, 0.2) is 17.5 Å². The summed E-state index contributed by atoms with van der Waals surface area (Å²) in [5.74, 6) is 2.18. The number of halogens is 2. The Morgan fingerprint density at radius 1 is 1.26 bits per heavy atom. The molecule has 152 valence electrons. The van der Waals surface area contributed by atoms with Crippen LogP contribution in [0.5, 0.6) is 11.5 Å². The van der Waals surface area contributed by atoms with E-state index in [1.54, 1.807) is 7.05 Å². The lowest BCUT2D eigenvalue weighted by Crippen LogP contribution is -2.48. The van der Waals surface area contributed by atoms with Gasteiger partial charge in [0.05, 0.1) is 5.02 Å². The fourth-order valence-corrected chi connectivity index (χ4v) is 3.75. The van der Waals surface area contributed by atoms with Gasteiger partial charge >= 0.3 is 0 Å². The number of rotatable bonds is 5. The number of benzene rings is 1. The molecule has 1 saturated heterocycles. The molecule has 0 unspecified atom stereocenters. The van der Waals surface area contributed by atoms with Crippen LogP contribution >= 0.6 is 35.6 Å². The van der Waals surface area contributed by atoms with E-state index in [1.807, 2.05) is 12.1 Å². The third-order valence-electron chi connectivity index (χ3n) is 4.81. The predicted molar refractivity (Wildman–Crippen MR) is 121 cm³/mol. The molecule has 0 aliphatic carbocycles. The number of hydrogen-bond donors (Lipinski definition) is 2. The van der Waals surface area contributed by atoms with Gasteiger partial charge in [0, 0.05) is 32.7 Å². The zero-order chi connectivity index (χ0) is 18.4. The van der Waals surface area contributed by atoms with E-state index in [1.165, 1.54) is 13.0 Å². The van der Waals surface area contributed by atoms with Crippen LogP contribution in [0.25, 0.3) is 0 Å². The van der Waals surface area contributed by atoms with Gasteiger partial charge in [-0.1, -0.05) is 18.5 Å². The van der Waals surface area contributed by atoms with Crippen LogP contribution in [0.2, 0.25) is 5.02 Å². The number of piperidine rings is 1. The number of ether oxygens (including phenoxy) is 2. The Balaban J connectivity index is 0.00000261. The fourth-order valence-electron chi connectivity index (χ4n) is 3.46. The molecule has 0 spiro atoms. The summed E-state index contributed by atoms with van der Waals surface area (Å²) in [7, 11) is 1.80. The van der Waals surface area contributed by atoms with Crippen LogP contribution in [0.4, 0.5) is 0 Å². The Kier molecular flexibility index (Phi) is 9.25. The molecule has 2 aliphatic heterocycles. The van der Waals surface area contributed by atoms with Gasteiger partial charge in [0.1, 0.15) is 13.2 Å². The molecule has 1 aromatic carbocycles. The standard InChI is InChI=1S/C19H29ClN4O2.HI/c1-3-6-24-7-4-15(5-8-24)23-19(21-2)22-13-14-11-16(20)18-17(12-14)25-9-10-26-18;/h11-12,15H,3-10,13H2,1-2H3,(H2,21,22,23);1H. The summed E-state index contributed by atoms with van der Waals surface area (Å²) in [6.07, 6.45) is 3.52. The van der Waals surface area contributed by atoms with E-state index in [2.05, 4.69) is 27.4 Å². The summed E-state index contributed by atoms with van der Waals surface area (Å²) < 4.78 is 11.2. The zero-order valence-electron chi connectivity index (χ0n) is 16.1. The van der Waals surface area contributed by atoms with E-state index in [0.29, 0.717) is 42.3 Å². The van der Waals surface area contributed by atoms with Crippen molar-refractivity contribution in [3.05, 3.63) is 22.7 Å². The third-order valence-corrected chi connectivity index (χ3v) is 5.09. The topological polar surface area (TPSA) is 58.1 Å². The van der Waals surface area contributed by atoms with Crippen molar-refractivity contribution in [3.63, 3.8) is 0 Å². The first-order valence-electron chi connectivity index (χ1n) is 9.47. The number of nitrogens with one attached hydrogen (secondary N) is 2. The van der Waals surface area contributed by atoms with Crippen molar-refractivity contribution in [1.29, 1.82) is 0 Å². The molecule has 2 aliphatic rings. The van der Waals surface area contributed by atoms with Crippen LogP contribution in [0.1, 0.15) is 31.7 Å². The lowest BCUT2D eigenvalue weighted by molar-refractivity contribution is 0.171. The molecule has 6 nitrogen and oxygen atoms in total. The molecule has 0 atom stereocenters. The van der Waals surface area contributed by atoms with Crippen LogP contribution in [-0.2, 0) is 6.54 Å². The summed E-state index contributed by atoms with van der Waals surface area (Å²) in [5, 5.41) is 7.50. The second-order valence-corrected chi connectivity index (χ2v) is 7.20. The Labute approximate surface area is 184 Å². The van der Waals surface area contributed by atoms with Gasteiger partial charge in [-0.2, -0.15) is 0 Å². The molecule has 3 rings (SSSR count). The summed E-state index contributed by atoms with van der Waals surface area (Å²) >= 11 is 6.31. The Morgan fingerprint density at radius 3 is 2.70 bits per heavy atom. The molecule has 27 heavy (non-hydrogen) atoms. The highest BCUT2D eigenvalue weighted by atomic mass is 127. The van der Waals surface area contributed by atoms with Crippen LogP contribution in [-0.4, -0.2) is 56.8 Å². The van der Waals surface area contributed by atoms with E-state index in [0.717, 1.165) is 37.5 Å². The van der Waals surface area contributed by atoms with Gasteiger partial charge in [-0.25, -0.2) is 0 Å². The van der Waals surface area contributed by atoms with E-state index in [-0.39, 0.29) is 24.0 Å². The fraction of sp³-hybridized carbons (Fsp3) is 0.632. The quantitative estimate of drug-likeness (QED) is 0.363. The molecule has 0 amide bonds. The minimum Gasteiger partial charge on any atom is -0.486 e. The predicted octanol–water partition coefficient (Wildman–Crippen LogP) is 3.27. The van der Waals surface area contributed by atoms with E-state index < -0.39 is 0 Å². The molecule has 2 N–H and O–H groups in total. The largest absolute Gasteiger partial charge is 0.486 e. The molecule has 8 heteroatoms. The number of aliphatic imine (C=N–C) groups is 1. The first kappa shape index (κ1) is 22.4. The average molecular weight is 509 g/mol. The summed E-state index contributed by atoms with van der Waals surface area (Å²) in [6, 6.07) is 4.36. The van der Waals surface area contributed by atoms with Crippen molar-refractivity contribution < 1.29 is 9.47 Å². The highest BCUT2D eigenvalue weighted by Gasteiger charge is 2.20. The first-order chi connectivity index (χ1) is 12.7. The monoisotopic (exact) mass is 508 g/mol. The summed E-state index contributed by atoms with van der Waals surface area (Å²) in [6.45, 7) is 7.47. The lowest BCUT2D eigenvalue weighted by Gasteiger charge is -2.32. The number of fused-ring (bicyclic) bond motifs is 1. The second-order valence-electron chi connectivity index (χ2n) is 6.79. The van der Waals surface area contributed by atoms with Gasteiger partial charge in [-0.05, 0) is 43.5 Å². The van der Waals surface area contributed by atoms with Gasteiger partial charge in [-0.15, -0.1) is 24.0 Å². The van der Waals surface area contributed by atoms with Crippen molar-refractivity contribution in [3.8, 4) is 11.5 Å². The Bertz CT molecular complexity index is 636. The van der Waals surface area contributed by atoms with Crippen molar-refractivity contribution in [1.82, 2.24) is 15.5 Å². The van der Waals surface area contributed by atoms with Crippen molar-refractivity contribution in [2.75, 3.05) is 39.9 Å². The average Bonchev–Trinajstić information content (AvgIpc) is 2.67. The number of nitrogens with zero attached hydrogens (tertiary/aromatic N) is 2. The van der Waals surface area contributed by atoms with Crippen LogP contribution < -0.4 is 20.1 Å². The van der Waals surface area contributed by atoms with Gasteiger partial charge in [-0.3, -0.25) is 4.99 Å². The summed E-state index contributed by atoms with van der Waals surface area (Å²) in [5.41, 5.74) is 1.04.